The summed E-state index contributed by atoms with van der Waals surface area (Å²) in [6.45, 7) is 8.14. The molecule has 0 aliphatic carbocycles. The van der Waals surface area contributed by atoms with E-state index in [0.717, 1.165) is 51.3 Å². The molecule has 1 atom stereocenters. The van der Waals surface area contributed by atoms with Gasteiger partial charge in [-0.15, -0.1) is 0 Å². The van der Waals surface area contributed by atoms with E-state index in [4.69, 9.17) is 5.26 Å². The Kier molecular flexibility index (Phi) is 5.27. The summed E-state index contributed by atoms with van der Waals surface area (Å²) in [7, 11) is 0. The zero-order valence-corrected chi connectivity index (χ0v) is 15.4. The van der Waals surface area contributed by atoms with Gasteiger partial charge in [-0.05, 0) is 43.7 Å². The van der Waals surface area contributed by atoms with Crippen LogP contribution in [-0.4, -0.2) is 42.0 Å². The maximum absolute atomic E-state index is 12.3. The van der Waals surface area contributed by atoms with Crippen LogP contribution in [0.25, 0.3) is 0 Å². The highest BCUT2D eigenvalue weighted by Crippen LogP contribution is 2.40. The lowest BCUT2D eigenvalue weighted by molar-refractivity contribution is -0.138. The summed E-state index contributed by atoms with van der Waals surface area (Å²) in [5.41, 5.74) is 0.789. The Morgan fingerprint density at radius 3 is 2.84 bits per heavy atom. The predicted molar refractivity (Wildman–Crippen MR) is 98.1 cm³/mol. The molecule has 2 saturated heterocycles. The standard InChI is InChI=1S/C20H28N4O/c1-16(2)7-11-24-15-20(9-6-19(24)25)8-3-10-23(14-20)18-5-4-17(12-21)13-22-18/h4-5,13,16H,3,6-11,14-15H2,1-2H3/t20-/m1/s1. The smallest absolute Gasteiger partial charge is 0.222 e. The van der Waals surface area contributed by atoms with Crippen molar-refractivity contribution in [3.63, 3.8) is 0 Å². The second-order valence-electron chi connectivity index (χ2n) is 8.04. The minimum Gasteiger partial charge on any atom is -0.356 e. The summed E-state index contributed by atoms with van der Waals surface area (Å²) in [4.78, 5) is 21.2. The maximum Gasteiger partial charge on any atom is 0.222 e. The molecule has 134 valence electrons. The molecule has 0 radical (unpaired) electrons. The van der Waals surface area contributed by atoms with Crippen molar-refractivity contribution in [1.82, 2.24) is 9.88 Å². The minimum atomic E-state index is 0.193. The summed E-state index contributed by atoms with van der Waals surface area (Å²) in [5.74, 6) is 1.89. The Bertz CT molecular complexity index is 649. The Morgan fingerprint density at radius 2 is 2.16 bits per heavy atom. The molecule has 2 fully saturated rings. The van der Waals surface area contributed by atoms with Crippen LogP contribution in [0.3, 0.4) is 0 Å². The number of amides is 1. The third-order valence-electron chi connectivity index (χ3n) is 5.59. The van der Waals surface area contributed by atoms with Gasteiger partial charge in [0.1, 0.15) is 11.9 Å². The molecule has 0 aromatic carbocycles. The molecule has 1 amide bonds. The van der Waals surface area contributed by atoms with Gasteiger partial charge in [0, 0.05) is 44.2 Å². The number of nitrogens with zero attached hydrogens (tertiary/aromatic N) is 4. The number of rotatable bonds is 4. The zero-order valence-electron chi connectivity index (χ0n) is 15.4. The molecule has 5 heteroatoms. The summed E-state index contributed by atoms with van der Waals surface area (Å²) in [5, 5.41) is 8.94. The zero-order chi connectivity index (χ0) is 17.9. The van der Waals surface area contributed by atoms with Gasteiger partial charge >= 0.3 is 0 Å². The van der Waals surface area contributed by atoms with E-state index in [0.29, 0.717) is 23.8 Å². The number of carbonyl (C=O) groups excluding carboxylic acids is 1. The number of anilines is 1. The Morgan fingerprint density at radius 1 is 1.32 bits per heavy atom. The third kappa shape index (κ3) is 4.12. The average Bonchev–Trinajstić information content (AvgIpc) is 2.63. The fourth-order valence-electron chi connectivity index (χ4n) is 4.10. The van der Waals surface area contributed by atoms with Crippen LogP contribution in [0.15, 0.2) is 18.3 Å². The summed E-state index contributed by atoms with van der Waals surface area (Å²) < 4.78 is 0. The van der Waals surface area contributed by atoms with Gasteiger partial charge in [0.2, 0.25) is 5.91 Å². The van der Waals surface area contributed by atoms with Crippen LogP contribution >= 0.6 is 0 Å². The lowest BCUT2D eigenvalue weighted by atomic mass is 9.73. The van der Waals surface area contributed by atoms with Crippen molar-refractivity contribution >= 4 is 11.7 Å². The number of likely N-dealkylation sites (tertiary alicyclic amines) is 1. The number of piperidine rings is 2. The monoisotopic (exact) mass is 340 g/mol. The fraction of sp³-hybridized carbons (Fsp3) is 0.650. The Labute approximate surface area is 150 Å². The highest BCUT2D eigenvalue weighted by molar-refractivity contribution is 5.77. The topological polar surface area (TPSA) is 60.2 Å². The molecule has 1 aromatic heterocycles. The van der Waals surface area contributed by atoms with Crippen molar-refractivity contribution in [2.75, 3.05) is 31.1 Å². The third-order valence-corrected chi connectivity index (χ3v) is 5.59. The minimum absolute atomic E-state index is 0.193. The molecule has 1 spiro atoms. The van der Waals surface area contributed by atoms with Crippen LogP contribution in [-0.2, 0) is 4.79 Å². The Balaban J connectivity index is 1.70. The fourth-order valence-corrected chi connectivity index (χ4v) is 4.10. The molecule has 0 unspecified atom stereocenters. The number of hydrogen-bond donors (Lipinski definition) is 0. The van der Waals surface area contributed by atoms with Gasteiger partial charge in [0.15, 0.2) is 0 Å². The van der Waals surface area contributed by atoms with Gasteiger partial charge in [-0.2, -0.15) is 5.26 Å². The van der Waals surface area contributed by atoms with Gasteiger partial charge < -0.3 is 9.80 Å². The van der Waals surface area contributed by atoms with Crippen molar-refractivity contribution in [1.29, 1.82) is 5.26 Å². The second kappa shape index (κ2) is 7.43. The van der Waals surface area contributed by atoms with Crippen LogP contribution < -0.4 is 4.90 Å². The van der Waals surface area contributed by atoms with Gasteiger partial charge in [0.25, 0.3) is 0 Å². The van der Waals surface area contributed by atoms with Crippen molar-refractivity contribution in [2.45, 2.75) is 46.0 Å². The highest BCUT2D eigenvalue weighted by atomic mass is 16.2. The molecular formula is C20H28N4O. The number of aromatic nitrogens is 1. The van der Waals surface area contributed by atoms with E-state index in [1.54, 1.807) is 6.20 Å². The largest absolute Gasteiger partial charge is 0.356 e. The first-order valence-corrected chi connectivity index (χ1v) is 9.40. The quantitative estimate of drug-likeness (QED) is 0.844. The molecule has 2 aliphatic rings. The van der Waals surface area contributed by atoms with E-state index in [1.165, 1.54) is 6.42 Å². The van der Waals surface area contributed by atoms with Crippen molar-refractivity contribution in [3.8, 4) is 6.07 Å². The molecule has 2 aliphatic heterocycles. The number of nitriles is 1. The van der Waals surface area contributed by atoms with Gasteiger partial charge in [-0.25, -0.2) is 4.98 Å². The van der Waals surface area contributed by atoms with E-state index in [2.05, 4.69) is 34.7 Å². The van der Waals surface area contributed by atoms with Crippen LogP contribution in [0, 0.1) is 22.7 Å². The van der Waals surface area contributed by atoms with Crippen molar-refractivity contribution in [3.05, 3.63) is 23.9 Å². The van der Waals surface area contributed by atoms with Crippen LogP contribution in [0.5, 0.6) is 0 Å². The van der Waals surface area contributed by atoms with E-state index in [1.807, 2.05) is 12.1 Å². The highest BCUT2D eigenvalue weighted by Gasteiger charge is 2.41. The molecule has 3 rings (SSSR count). The first-order valence-electron chi connectivity index (χ1n) is 9.40. The SMILES string of the molecule is CC(C)CCN1C[C@]2(CCCN(c3ccc(C#N)cn3)C2)CCC1=O. The number of hydrogen-bond acceptors (Lipinski definition) is 4. The predicted octanol–water partition coefficient (Wildman–Crippen LogP) is 3.21. The molecule has 3 heterocycles. The van der Waals surface area contributed by atoms with E-state index in [9.17, 15) is 4.79 Å². The molecule has 1 aromatic rings. The summed E-state index contributed by atoms with van der Waals surface area (Å²) in [6, 6.07) is 5.91. The molecule has 0 saturated carbocycles. The first kappa shape index (κ1) is 17.7. The number of carbonyl (C=O) groups is 1. The first-order chi connectivity index (χ1) is 12.0. The summed E-state index contributed by atoms with van der Waals surface area (Å²) in [6.07, 6.45) is 6.70. The van der Waals surface area contributed by atoms with Crippen LogP contribution in [0.4, 0.5) is 5.82 Å². The number of pyridine rings is 1. The summed E-state index contributed by atoms with van der Waals surface area (Å²) >= 11 is 0. The van der Waals surface area contributed by atoms with Crippen LogP contribution in [0.2, 0.25) is 0 Å². The second-order valence-corrected chi connectivity index (χ2v) is 8.04. The van der Waals surface area contributed by atoms with Crippen molar-refractivity contribution < 1.29 is 4.79 Å². The van der Waals surface area contributed by atoms with Gasteiger partial charge in [-0.1, -0.05) is 13.8 Å². The molecule has 0 bridgehead atoms. The molecule has 25 heavy (non-hydrogen) atoms. The van der Waals surface area contributed by atoms with Gasteiger partial charge in [0.05, 0.1) is 5.56 Å². The van der Waals surface area contributed by atoms with E-state index >= 15 is 0 Å². The lowest BCUT2D eigenvalue weighted by Crippen LogP contribution is -2.54. The maximum atomic E-state index is 12.3. The lowest BCUT2D eigenvalue weighted by Gasteiger charge is -2.48. The molecule has 0 N–H and O–H groups in total. The normalized spacial score (nSPS) is 24.0. The molecule has 5 nitrogen and oxygen atoms in total. The van der Waals surface area contributed by atoms with E-state index < -0.39 is 0 Å². The Hall–Kier alpha value is -2.09. The van der Waals surface area contributed by atoms with E-state index in [-0.39, 0.29) is 5.41 Å². The van der Waals surface area contributed by atoms with Crippen molar-refractivity contribution in [2.24, 2.45) is 11.3 Å². The average molecular weight is 340 g/mol. The van der Waals surface area contributed by atoms with Crippen LogP contribution in [0.1, 0.15) is 51.5 Å². The van der Waals surface area contributed by atoms with Gasteiger partial charge in [-0.3, -0.25) is 4.79 Å². The molecular weight excluding hydrogens is 312 g/mol.